The number of ether oxygens (including phenoxy) is 1. The van der Waals surface area contributed by atoms with E-state index in [9.17, 15) is 0 Å². The minimum atomic E-state index is 0.201. The van der Waals surface area contributed by atoms with Crippen LogP contribution in [-0.4, -0.2) is 12.0 Å². The van der Waals surface area contributed by atoms with Crippen LogP contribution in [0.3, 0.4) is 0 Å². The maximum Gasteiger partial charge on any atom is 0.134 e. The lowest BCUT2D eigenvalue weighted by Gasteiger charge is -2.23. The van der Waals surface area contributed by atoms with E-state index in [0.29, 0.717) is 0 Å². The SMILES string of the molecule is CCC(C)(C)c1ccc(Oc2ccncc2CNC)cc1. The lowest BCUT2D eigenvalue weighted by atomic mass is 9.82. The third kappa shape index (κ3) is 3.82. The second kappa shape index (κ2) is 6.72. The van der Waals surface area contributed by atoms with Crippen LogP contribution in [0.5, 0.6) is 11.5 Å². The van der Waals surface area contributed by atoms with Gasteiger partial charge in [-0.15, -0.1) is 0 Å². The van der Waals surface area contributed by atoms with Crippen molar-refractivity contribution in [2.45, 2.75) is 39.2 Å². The van der Waals surface area contributed by atoms with Gasteiger partial charge in [0.05, 0.1) is 0 Å². The second-order valence-electron chi connectivity index (χ2n) is 5.88. The van der Waals surface area contributed by atoms with Gasteiger partial charge in [-0.2, -0.15) is 0 Å². The molecule has 0 aliphatic carbocycles. The highest BCUT2D eigenvalue weighted by Gasteiger charge is 2.17. The molecule has 2 aromatic rings. The van der Waals surface area contributed by atoms with Gasteiger partial charge in [0.15, 0.2) is 0 Å². The minimum Gasteiger partial charge on any atom is -0.457 e. The van der Waals surface area contributed by atoms with Gasteiger partial charge in [0.25, 0.3) is 0 Å². The zero-order chi connectivity index (χ0) is 15.3. The van der Waals surface area contributed by atoms with Crippen LogP contribution < -0.4 is 10.1 Å². The number of hydrogen-bond acceptors (Lipinski definition) is 3. The second-order valence-corrected chi connectivity index (χ2v) is 5.88. The maximum atomic E-state index is 5.98. The number of pyridine rings is 1. The van der Waals surface area contributed by atoms with E-state index in [-0.39, 0.29) is 5.41 Å². The van der Waals surface area contributed by atoms with Gasteiger partial charge in [-0.1, -0.05) is 32.9 Å². The number of nitrogens with one attached hydrogen (secondary N) is 1. The monoisotopic (exact) mass is 284 g/mol. The predicted octanol–water partition coefficient (Wildman–Crippen LogP) is 4.28. The van der Waals surface area contributed by atoms with Gasteiger partial charge in [-0.05, 0) is 42.6 Å². The van der Waals surface area contributed by atoms with Crippen LogP contribution in [0, 0.1) is 0 Å². The standard InChI is InChI=1S/C18H24N2O/c1-5-18(2,3)15-6-8-16(9-7-15)21-17-10-11-20-13-14(17)12-19-4/h6-11,13,19H,5,12H2,1-4H3. The third-order valence-electron chi connectivity index (χ3n) is 3.97. The Hall–Kier alpha value is -1.87. The summed E-state index contributed by atoms with van der Waals surface area (Å²) in [5.41, 5.74) is 2.59. The highest BCUT2D eigenvalue weighted by molar-refractivity contribution is 5.38. The van der Waals surface area contributed by atoms with Crippen molar-refractivity contribution < 1.29 is 4.74 Å². The van der Waals surface area contributed by atoms with Gasteiger partial charge in [0, 0.05) is 24.5 Å². The molecule has 0 amide bonds. The smallest absolute Gasteiger partial charge is 0.134 e. The molecule has 0 aliphatic rings. The zero-order valence-corrected chi connectivity index (χ0v) is 13.3. The molecule has 0 spiro atoms. The molecule has 0 fully saturated rings. The summed E-state index contributed by atoms with van der Waals surface area (Å²) in [6, 6.07) is 10.3. The molecule has 0 unspecified atom stereocenters. The topological polar surface area (TPSA) is 34.1 Å². The molecule has 1 aromatic heterocycles. The van der Waals surface area contributed by atoms with E-state index >= 15 is 0 Å². The molecule has 0 saturated heterocycles. The number of nitrogens with zero attached hydrogens (tertiary/aromatic N) is 1. The van der Waals surface area contributed by atoms with E-state index in [4.69, 9.17) is 4.74 Å². The summed E-state index contributed by atoms with van der Waals surface area (Å²) in [4.78, 5) is 4.14. The molecule has 1 aromatic carbocycles. The van der Waals surface area contributed by atoms with Crippen molar-refractivity contribution in [1.82, 2.24) is 10.3 Å². The molecule has 0 saturated carbocycles. The van der Waals surface area contributed by atoms with Crippen molar-refractivity contribution in [3.05, 3.63) is 53.9 Å². The first-order valence-electron chi connectivity index (χ1n) is 7.42. The van der Waals surface area contributed by atoms with Crippen molar-refractivity contribution in [3.63, 3.8) is 0 Å². The summed E-state index contributed by atoms with van der Waals surface area (Å²) in [6.45, 7) is 7.48. The van der Waals surface area contributed by atoms with Gasteiger partial charge in [-0.3, -0.25) is 4.98 Å². The molecule has 1 N–H and O–H groups in total. The summed E-state index contributed by atoms with van der Waals surface area (Å²) in [5.74, 6) is 1.70. The van der Waals surface area contributed by atoms with Crippen molar-refractivity contribution >= 4 is 0 Å². The lowest BCUT2D eigenvalue weighted by molar-refractivity contribution is 0.470. The lowest BCUT2D eigenvalue weighted by Crippen LogP contribution is -2.14. The van der Waals surface area contributed by atoms with Crippen LogP contribution >= 0.6 is 0 Å². The Bertz CT molecular complexity index is 576. The number of hydrogen-bond donors (Lipinski definition) is 1. The Morgan fingerprint density at radius 1 is 1.14 bits per heavy atom. The van der Waals surface area contributed by atoms with E-state index in [2.05, 4.69) is 43.2 Å². The average Bonchev–Trinajstić information content (AvgIpc) is 2.50. The number of rotatable bonds is 6. The molecule has 112 valence electrons. The van der Waals surface area contributed by atoms with Crippen LogP contribution in [0.1, 0.15) is 38.3 Å². The fourth-order valence-electron chi connectivity index (χ4n) is 2.14. The van der Waals surface area contributed by atoms with Crippen molar-refractivity contribution in [2.75, 3.05) is 7.05 Å². The van der Waals surface area contributed by atoms with Crippen molar-refractivity contribution in [1.29, 1.82) is 0 Å². The highest BCUT2D eigenvalue weighted by atomic mass is 16.5. The molecule has 0 radical (unpaired) electrons. The first-order valence-corrected chi connectivity index (χ1v) is 7.42. The Morgan fingerprint density at radius 2 is 1.86 bits per heavy atom. The molecule has 1 heterocycles. The van der Waals surface area contributed by atoms with Gasteiger partial charge in [0.1, 0.15) is 11.5 Å². The molecule has 2 rings (SSSR count). The first-order chi connectivity index (χ1) is 10.1. The highest BCUT2D eigenvalue weighted by Crippen LogP contribution is 2.30. The average molecular weight is 284 g/mol. The molecule has 3 heteroatoms. The largest absolute Gasteiger partial charge is 0.457 e. The molecule has 0 bridgehead atoms. The molecular weight excluding hydrogens is 260 g/mol. The predicted molar refractivity (Wildman–Crippen MR) is 86.8 cm³/mol. The zero-order valence-electron chi connectivity index (χ0n) is 13.3. The Kier molecular flexibility index (Phi) is 4.97. The van der Waals surface area contributed by atoms with Crippen LogP contribution in [0.25, 0.3) is 0 Å². The first kappa shape index (κ1) is 15.5. The quantitative estimate of drug-likeness (QED) is 0.859. The molecule has 0 atom stereocenters. The molecule has 0 aliphatic heterocycles. The summed E-state index contributed by atoms with van der Waals surface area (Å²) >= 11 is 0. The molecular formula is C18H24N2O. The number of aromatic nitrogens is 1. The fraction of sp³-hybridized carbons (Fsp3) is 0.389. The summed E-state index contributed by atoms with van der Waals surface area (Å²) in [5, 5.41) is 3.13. The van der Waals surface area contributed by atoms with E-state index in [1.54, 1.807) is 6.20 Å². The maximum absolute atomic E-state index is 5.98. The Balaban J connectivity index is 2.18. The van der Waals surface area contributed by atoms with Crippen molar-refractivity contribution in [3.8, 4) is 11.5 Å². The minimum absolute atomic E-state index is 0.201. The van der Waals surface area contributed by atoms with Gasteiger partial charge >= 0.3 is 0 Å². The van der Waals surface area contributed by atoms with Crippen LogP contribution in [-0.2, 0) is 12.0 Å². The number of benzene rings is 1. The normalized spacial score (nSPS) is 11.4. The Morgan fingerprint density at radius 3 is 2.48 bits per heavy atom. The van der Waals surface area contributed by atoms with Crippen LogP contribution in [0.2, 0.25) is 0 Å². The van der Waals surface area contributed by atoms with E-state index in [0.717, 1.165) is 30.0 Å². The summed E-state index contributed by atoms with van der Waals surface area (Å²) in [7, 11) is 1.92. The van der Waals surface area contributed by atoms with E-state index in [1.165, 1.54) is 5.56 Å². The van der Waals surface area contributed by atoms with Crippen LogP contribution in [0.4, 0.5) is 0 Å². The summed E-state index contributed by atoms with van der Waals surface area (Å²) in [6.07, 6.45) is 4.70. The Labute approximate surface area is 127 Å². The van der Waals surface area contributed by atoms with Gasteiger partial charge < -0.3 is 10.1 Å². The fourth-order valence-corrected chi connectivity index (χ4v) is 2.14. The molecule has 3 nitrogen and oxygen atoms in total. The molecule has 21 heavy (non-hydrogen) atoms. The van der Waals surface area contributed by atoms with Crippen molar-refractivity contribution in [2.24, 2.45) is 0 Å². The summed E-state index contributed by atoms with van der Waals surface area (Å²) < 4.78 is 5.98. The third-order valence-corrected chi connectivity index (χ3v) is 3.97. The van der Waals surface area contributed by atoms with E-state index < -0.39 is 0 Å². The van der Waals surface area contributed by atoms with Gasteiger partial charge in [0.2, 0.25) is 0 Å². The van der Waals surface area contributed by atoms with E-state index in [1.807, 2.05) is 31.4 Å². The van der Waals surface area contributed by atoms with Gasteiger partial charge in [-0.25, -0.2) is 0 Å². The van der Waals surface area contributed by atoms with Crippen LogP contribution in [0.15, 0.2) is 42.7 Å².